The third-order valence-electron chi connectivity index (χ3n) is 4.26. The van der Waals surface area contributed by atoms with Gasteiger partial charge in [0.05, 0.1) is 0 Å². The molecule has 0 saturated heterocycles. The summed E-state index contributed by atoms with van der Waals surface area (Å²) in [5, 5.41) is 9.28. The van der Waals surface area contributed by atoms with Crippen molar-refractivity contribution in [1.82, 2.24) is 10.6 Å². The van der Waals surface area contributed by atoms with E-state index in [0.29, 0.717) is 25.3 Å². The van der Waals surface area contributed by atoms with Crippen molar-refractivity contribution in [3.05, 3.63) is 36.4 Å². The van der Waals surface area contributed by atoms with Crippen LogP contribution in [0, 0.1) is 0 Å². The molecule has 0 amide bonds. The zero-order chi connectivity index (χ0) is 19.2. The molecule has 0 bridgehead atoms. The first kappa shape index (κ1) is 19.9. The van der Waals surface area contributed by atoms with E-state index in [-0.39, 0.29) is 0 Å². The van der Waals surface area contributed by atoms with Gasteiger partial charge in [-0.1, -0.05) is 27.7 Å². The number of thiophene rings is 1. The maximum absolute atomic E-state index is 5.88. The first-order valence-electron chi connectivity index (χ1n) is 9.71. The van der Waals surface area contributed by atoms with E-state index in [9.17, 15) is 0 Å². The summed E-state index contributed by atoms with van der Waals surface area (Å²) < 4.78 is 14.3. The predicted octanol–water partition coefficient (Wildman–Crippen LogP) is 4.81. The van der Waals surface area contributed by atoms with Crippen molar-refractivity contribution in [3.63, 3.8) is 0 Å². The van der Waals surface area contributed by atoms with E-state index in [2.05, 4.69) is 74.7 Å². The fourth-order valence-corrected chi connectivity index (χ4v) is 4.11. The Labute approximate surface area is 165 Å². The summed E-state index contributed by atoms with van der Waals surface area (Å²) in [5.74, 6) is 1.85. The Morgan fingerprint density at radius 3 is 1.59 bits per heavy atom. The predicted molar refractivity (Wildman–Crippen MR) is 117 cm³/mol. The van der Waals surface area contributed by atoms with Gasteiger partial charge < -0.3 is 20.1 Å². The lowest BCUT2D eigenvalue weighted by molar-refractivity contribution is 0.309. The van der Waals surface area contributed by atoms with E-state index in [0.717, 1.165) is 24.6 Å². The molecule has 1 heterocycles. The first-order valence-corrected chi connectivity index (χ1v) is 10.5. The SMILES string of the molecule is CC(C)NCCOc1ccc2c(c1)sc1cc(OCCNC(C)C)ccc12. The quantitative estimate of drug-likeness (QED) is 0.491. The zero-order valence-corrected chi connectivity index (χ0v) is 17.5. The third kappa shape index (κ3) is 5.58. The maximum atomic E-state index is 5.88. The van der Waals surface area contributed by atoms with Crippen molar-refractivity contribution in [3.8, 4) is 11.5 Å². The van der Waals surface area contributed by atoms with Gasteiger partial charge in [-0.2, -0.15) is 0 Å². The average Bonchev–Trinajstić information content (AvgIpc) is 2.99. The number of ether oxygens (including phenoxy) is 2. The van der Waals surface area contributed by atoms with E-state index in [1.807, 2.05) is 0 Å². The number of nitrogens with one attached hydrogen (secondary N) is 2. The molecule has 0 aliphatic carbocycles. The highest BCUT2D eigenvalue weighted by molar-refractivity contribution is 7.25. The van der Waals surface area contributed by atoms with Crippen LogP contribution in [0.3, 0.4) is 0 Å². The van der Waals surface area contributed by atoms with Gasteiger partial charge in [0.2, 0.25) is 0 Å². The Morgan fingerprint density at radius 2 is 1.19 bits per heavy atom. The molecule has 5 heteroatoms. The minimum atomic E-state index is 0.483. The van der Waals surface area contributed by atoms with E-state index in [1.54, 1.807) is 11.3 Å². The molecule has 0 fully saturated rings. The summed E-state index contributed by atoms with van der Waals surface area (Å²) in [6, 6.07) is 13.7. The van der Waals surface area contributed by atoms with Crippen LogP contribution in [-0.4, -0.2) is 38.4 Å². The van der Waals surface area contributed by atoms with Gasteiger partial charge in [-0.15, -0.1) is 11.3 Å². The van der Waals surface area contributed by atoms with Crippen molar-refractivity contribution in [2.24, 2.45) is 0 Å². The molecule has 2 N–H and O–H groups in total. The van der Waals surface area contributed by atoms with Crippen LogP contribution < -0.4 is 20.1 Å². The van der Waals surface area contributed by atoms with E-state index in [1.165, 1.54) is 20.2 Å². The molecule has 2 aromatic carbocycles. The van der Waals surface area contributed by atoms with Crippen molar-refractivity contribution in [2.45, 2.75) is 39.8 Å². The molecule has 0 saturated carbocycles. The molecule has 0 atom stereocenters. The molecule has 3 rings (SSSR count). The van der Waals surface area contributed by atoms with Gasteiger partial charge in [0.25, 0.3) is 0 Å². The molecule has 146 valence electrons. The van der Waals surface area contributed by atoms with Crippen LogP contribution in [0.5, 0.6) is 11.5 Å². The lowest BCUT2D eigenvalue weighted by Gasteiger charge is -2.09. The van der Waals surface area contributed by atoms with Crippen LogP contribution in [0.1, 0.15) is 27.7 Å². The van der Waals surface area contributed by atoms with Crippen LogP contribution >= 0.6 is 11.3 Å². The second-order valence-electron chi connectivity index (χ2n) is 7.33. The Kier molecular flexibility index (Phi) is 6.94. The molecule has 3 aromatic rings. The Morgan fingerprint density at radius 1 is 0.741 bits per heavy atom. The monoisotopic (exact) mass is 386 g/mol. The van der Waals surface area contributed by atoms with Gasteiger partial charge in [0.15, 0.2) is 0 Å². The van der Waals surface area contributed by atoms with Crippen LogP contribution in [0.4, 0.5) is 0 Å². The smallest absolute Gasteiger partial charge is 0.120 e. The Hall–Kier alpha value is -1.82. The fraction of sp³-hybridized carbons (Fsp3) is 0.455. The van der Waals surface area contributed by atoms with Gasteiger partial charge in [-0.25, -0.2) is 0 Å². The molecule has 4 nitrogen and oxygen atoms in total. The van der Waals surface area contributed by atoms with E-state index < -0.39 is 0 Å². The molecule has 27 heavy (non-hydrogen) atoms. The molecule has 0 radical (unpaired) electrons. The van der Waals surface area contributed by atoms with Gasteiger partial charge in [0, 0.05) is 45.3 Å². The number of fused-ring (bicyclic) bond motifs is 3. The molecule has 0 unspecified atom stereocenters. The minimum absolute atomic E-state index is 0.483. The molecular weight excluding hydrogens is 356 g/mol. The highest BCUT2D eigenvalue weighted by Crippen LogP contribution is 2.37. The van der Waals surface area contributed by atoms with Crippen LogP contribution in [0.25, 0.3) is 20.2 Å². The number of hydrogen-bond donors (Lipinski definition) is 2. The van der Waals surface area contributed by atoms with E-state index >= 15 is 0 Å². The van der Waals surface area contributed by atoms with Crippen molar-refractivity contribution in [2.75, 3.05) is 26.3 Å². The molecule has 0 aliphatic heterocycles. The molecule has 0 aliphatic rings. The fourth-order valence-electron chi connectivity index (χ4n) is 2.95. The summed E-state index contributed by atoms with van der Waals surface area (Å²) in [7, 11) is 0. The van der Waals surface area contributed by atoms with Crippen molar-refractivity contribution in [1.29, 1.82) is 0 Å². The van der Waals surface area contributed by atoms with Crippen LogP contribution in [0.15, 0.2) is 36.4 Å². The normalized spacial score (nSPS) is 11.8. The van der Waals surface area contributed by atoms with Gasteiger partial charge in [-0.05, 0) is 36.4 Å². The summed E-state index contributed by atoms with van der Waals surface area (Å²) in [5.41, 5.74) is 0. The Bertz CT molecular complexity index is 803. The van der Waals surface area contributed by atoms with Crippen molar-refractivity contribution < 1.29 is 9.47 Å². The summed E-state index contributed by atoms with van der Waals surface area (Å²) in [4.78, 5) is 0. The molecule has 0 spiro atoms. The van der Waals surface area contributed by atoms with E-state index in [4.69, 9.17) is 9.47 Å². The van der Waals surface area contributed by atoms with Crippen molar-refractivity contribution >= 4 is 31.5 Å². The number of hydrogen-bond acceptors (Lipinski definition) is 5. The van der Waals surface area contributed by atoms with Crippen LogP contribution in [-0.2, 0) is 0 Å². The van der Waals surface area contributed by atoms with Gasteiger partial charge in [-0.3, -0.25) is 0 Å². The summed E-state index contributed by atoms with van der Waals surface area (Å²) in [6.45, 7) is 11.6. The average molecular weight is 387 g/mol. The Balaban J connectivity index is 1.67. The first-order chi connectivity index (χ1) is 13.0. The third-order valence-corrected chi connectivity index (χ3v) is 5.38. The van der Waals surface area contributed by atoms with Crippen LogP contribution in [0.2, 0.25) is 0 Å². The summed E-state index contributed by atoms with van der Waals surface area (Å²) in [6.07, 6.45) is 0. The number of benzene rings is 2. The number of rotatable bonds is 10. The maximum Gasteiger partial charge on any atom is 0.120 e. The summed E-state index contributed by atoms with van der Waals surface area (Å²) >= 11 is 1.79. The van der Waals surface area contributed by atoms with Gasteiger partial charge in [0.1, 0.15) is 24.7 Å². The zero-order valence-electron chi connectivity index (χ0n) is 16.7. The second-order valence-corrected chi connectivity index (χ2v) is 8.42. The largest absolute Gasteiger partial charge is 0.492 e. The minimum Gasteiger partial charge on any atom is -0.492 e. The highest BCUT2D eigenvalue weighted by atomic mass is 32.1. The lowest BCUT2D eigenvalue weighted by Crippen LogP contribution is -2.27. The topological polar surface area (TPSA) is 42.5 Å². The van der Waals surface area contributed by atoms with Gasteiger partial charge >= 0.3 is 0 Å². The molecule has 1 aromatic heterocycles. The standard InChI is InChI=1S/C22H30N2O2S/c1-15(2)23-9-11-25-17-5-7-19-20-8-6-18(26-12-10-24-16(3)4)14-22(20)27-21(19)13-17/h5-8,13-16,23-24H,9-12H2,1-4H3. The lowest BCUT2D eigenvalue weighted by atomic mass is 10.1. The second kappa shape index (κ2) is 9.40. The molecular formula is C22H30N2O2S. The highest BCUT2D eigenvalue weighted by Gasteiger charge is 2.08.